The van der Waals surface area contributed by atoms with Gasteiger partial charge < -0.3 is 4.40 Å². The highest BCUT2D eigenvalue weighted by Gasteiger charge is 2.25. The number of pyridine rings is 1. The lowest BCUT2D eigenvalue weighted by Gasteiger charge is -2.15. The molecule has 0 atom stereocenters. The number of hydrogen-bond acceptors (Lipinski definition) is 0. The van der Waals surface area contributed by atoms with Crippen LogP contribution < -0.4 is 0 Å². The average Bonchev–Trinajstić information content (AvgIpc) is 3.52. The van der Waals surface area contributed by atoms with Crippen LogP contribution in [0, 0.1) is 0 Å². The maximum absolute atomic E-state index is 2.45. The molecule has 0 fully saturated rings. The highest BCUT2D eigenvalue weighted by atomic mass is 14.9. The van der Waals surface area contributed by atoms with Gasteiger partial charge in [0, 0.05) is 17.0 Å². The lowest BCUT2D eigenvalue weighted by atomic mass is 9.93. The Kier molecular flexibility index (Phi) is 2.80. The summed E-state index contributed by atoms with van der Waals surface area (Å²) in [6.07, 6.45) is 4.29. The number of fused-ring (bicyclic) bond motifs is 13. The topological polar surface area (TPSA) is 4.41 Å². The smallest absolute Gasteiger partial charge is 0.0541 e. The molecule has 0 spiro atoms. The fourth-order valence-electron chi connectivity index (χ4n) is 6.10. The molecule has 1 nitrogen and oxygen atoms in total. The maximum Gasteiger partial charge on any atom is 0.0541 e. The van der Waals surface area contributed by atoms with Crippen LogP contribution in [0.4, 0.5) is 0 Å². The third-order valence-corrected chi connectivity index (χ3v) is 7.42. The summed E-state index contributed by atoms with van der Waals surface area (Å²) in [5.74, 6) is 0. The van der Waals surface area contributed by atoms with Crippen LogP contribution in [0.5, 0.6) is 0 Å². The van der Waals surface area contributed by atoms with Gasteiger partial charge in [0.25, 0.3) is 0 Å². The van der Waals surface area contributed by atoms with E-state index in [0.717, 1.165) is 12.8 Å². The highest BCUT2D eigenvalue weighted by Crippen LogP contribution is 2.46. The summed E-state index contributed by atoms with van der Waals surface area (Å²) in [5.41, 5.74) is 14.0. The fraction of sp³-hybridized carbons (Fsp3) is 0.0667. The van der Waals surface area contributed by atoms with E-state index in [0.29, 0.717) is 0 Å². The summed E-state index contributed by atoms with van der Waals surface area (Å²) in [4.78, 5) is 0. The predicted octanol–water partition coefficient (Wildman–Crippen LogP) is 7.39. The van der Waals surface area contributed by atoms with E-state index in [1.807, 2.05) is 0 Å². The molecule has 4 aromatic carbocycles. The van der Waals surface area contributed by atoms with Crippen LogP contribution >= 0.6 is 0 Å². The minimum atomic E-state index is 1.03. The minimum Gasteiger partial charge on any atom is -0.316 e. The van der Waals surface area contributed by atoms with Crippen molar-refractivity contribution in [3.63, 3.8) is 0 Å². The van der Waals surface area contributed by atoms with E-state index >= 15 is 0 Å². The van der Waals surface area contributed by atoms with Crippen LogP contribution in [0.25, 0.3) is 49.4 Å². The molecule has 0 radical (unpaired) electrons. The Morgan fingerprint density at radius 3 is 2.19 bits per heavy atom. The molecular weight excluding hydrogens is 374 g/mol. The minimum absolute atomic E-state index is 1.03. The van der Waals surface area contributed by atoms with Gasteiger partial charge in [-0.2, -0.15) is 0 Å². The van der Waals surface area contributed by atoms with E-state index in [2.05, 4.69) is 95.5 Å². The Morgan fingerprint density at radius 1 is 0.516 bits per heavy atom. The summed E-state index contributed by atoms with van der Waals surface area (Å²) in [5, 5.41) is 4.11. The normalized spacial score (nSPS) is 13.5. The zero-order valence-electron chi connectivity index (χ0n) is 17.0. The predicted molar refractivity (Wildman–Crippen MR) is 129 cm³/mol. The van der Waals surface area contributed by atoms with Crippen molar-refractivity contribution in [1.29, 1.82) is 0 Å². The first-order valence-electron chi connectivity index (χ1n) is 11.0. The summed E-state index contributed by atoms with van der Waals surface area (Å²) in [6, 6.07) is 31.9. The second kappa shape index (κ2) is 5.44. The van der Waals surface area contributed by atoms with E-state index in [1.165, 1.54) is 71.7 Å². The summed E-state index contributed by atoms with van der Waals surface area (Å²) >= 11 is 0. The monoisotopic (exact) mass is 393 g/mol. The first-order valence-corrected chi connectivity index (χ1v) is 11.0. The molecule has 0 amide bonds. The molecule has 2 aliphatic carbocycles. The van der Waals surface area contributed by atoms with Gasteiger partial charge in [0.1, 0.15) is 0 Å². The molecule has 0 saturated heterocycles. The van der Waals surface area contributed by atoms with Crippen molar-refractivity contribution in [3.05, 3.63) is 113 Å². The molecular formula is C30H19N. The van der Waals surface area contributed by atoms with Crippen LogP contribution in [0.1, 0.15) is 22.3 Å². The molecule has 2 heterocycles. The van der Waals surface area contributed by atoms with E-state index in [1.54, 1.807) is 0 Å². The molecule has 144 valence electrons. The molecule has 0 bridgehead atoms. The lowest BCUT2D eigenvalue weighted by Crippen LogP contribution is -1.94. The maximum atomic E-state index is 2.45. The number of benzene rings is 4. The molecule has 1 heteroatoms. The molecule has 0 unspecified atom stereocenters. The number of nitrogens with zero attached hydrogens (tertiary/aromatic N) is 1. The molecule has 0 N–H and O–H groups in total. The second-order valence-corrected chi connectivity index (χ2v) is 8.98. The fourth-order valence-corrected chi connectivity index (χ4v) is 6.10. The van der Waals surface area contributed by atoms with Crippen LogP contribution in [-0.4, -0.2) is 4.40 Å². The van der Waals surface area contributed by atoms with Crippen molar-refractivity contribution in [2.24, 2.45) is 0 Å². The molecule has 6 aromatic rings. The SMILES string of the molecule is c1ccc2c(c1)Cc1cc3c(cc1-2)c1ccc2c(c1c1cccn31)-c1ccccc1C2. The van der Waals surface area contributed by atoms with Gasteiger partial charge in [-0.05, 0) is 87.0 Å². The number of aromatic nitrogens is 1. The first kappa shape index (κ1) is 15.9. The Morgan fingerprint density at radius 2 is 1.29 bits per heavy atom. The van der Waals surface area contributed by atoms with Crippen LogP contribution in [-0.2, 0) is 12.8 Å². The molecule has 2 aromatic heterocycles. The average molecular weight is 393 g/mol. The van der Waals surface area contributed by atoms with Crippen LogP contribution in [0.3, 0.4) is 0 Å². The number of hydrogen-bond donors (Lipinski definition) is 0. The van der Waals surface area contributed by atoms with Crippen LogP contribution in [0.2, 0.25) is 0 Å². The quantitative estimate of drug-likeness (QED) is 0.237. The van der Waals surface area contributed by atoms with Gasteiger partial charge in [-0.15, -0.1) is 0 Å². The summed E-state index contributed by atoms with van der Waals surface area (Å²) in [6.45, 7) is 0. The van der Waals surface area contributed by atoms with Gasteiger partial charge in [-0.25, -0.2) is 0 Å². The Balaban J connectivity index is 1.58. The zero-order chi connectivity index (χ0) is 20.1. The van der Waals surface area contributed by atoms with Crippen molar-refractivity contribution >= 4 is 27.2 Å². The van der Waals surface area contributed by atoms with Crippen molar-refractivity contribution in [2.75, 3.05) is 0 Å². The third kappa shape index (κ3) is 1.92. The van der Waals surface area contributed by atoms with Gasteiger partial charge in [0.05, 0.1) is 11.0 Å². The Hall–Kier alpha value is -3.84. The van der Waals surface area contributed by atoms with Crippen molar-refractivity contribution in [1.82, 2.24) is 4.40 Å². The Bertz CT molecular complexity index is 1730. The van der Waals surface area contributed by atoms with Crippen molar-refractivity contribution in [3.8, 4) is 22.3 Å². The van der Waals surface area contributed by atoms with E-state index < -0.39 is 0 Å². The summed E-state index contributed by atoms with van der Waals surface area (Å²) < 4.78 is 2.40. The molecule has 0 aliphatic heterocycles. The standard InChI is InChI=1S/C30H19N/c1-3-8-22-18(6-1)15-21-16-28-26(17-25(21)22)24-12-11-20-14-19-7-2-4-9-23(19)29(20)30(24)27-10-5-13-31(27)28/h1-13,16-17H,14-15H2. The largest absolute Gasteiger partial charge is 0.316 e. The van der Waals surface area contributed by atoms with Crippen LogP contribution in [0.15, 0.2) is 91.1 Å². The van der Waals surface area contributed by atoms with E-state index in [9.17, 15) is 0 Å². The lowest BCUT2D eigenvalue weighted by molar-refractivity contribution is 1.24. The van der Waals surface area contributed by atoms with E-state index in [4.69, 9.17) is 0 Å². The molecule has 2 aliphatic rings. The van der Waals surface area contributed by atoms with Gasteiger partial charge >= 0.3 is 0 Å². The van der Waals surface area contributed by atoms with Crippen molar-refractivity contribution < 1.29 is 0 Å². The van der Waals surface area contributed by atoms with Gasteiger partial charge in [-0.1, -0.05) is 60.7 Å². The van der Waals surface area contributed by atoms with Gasteiger partial charge in [0.2, 0.25) is 0 Å². The molecule has 8 rings (SSSR count). The summed E-state index contributed by atoms with van der Waals surface area (Å²) in [7, 11) is 0. The highest BCUT2D eigenvalue weighted by molar-refractivity contribution is 6.20. The molecule has 0 saturated carbocycles. The molecule has 31 heavy (non-hydrogen) atoms. The second-order valence-electron chi connectivity index (χ2n) is 8.98. The first-order chi connectivity index (χ1) is 15.4. The van der Waals surface area contributed by atoms with Gasteiger partial charge in [0.15, 0.2) is 0 Å². The number of rotatable bonds is 0. The van der Waals surface area contributed by atoms with E-state index in [-0.39, 0.29) is 0 Å². The third-order valence-electron chi connectivity index (χ3n) is 7.42. The zero-order valence-corrected chi connectivity index (χ0v) is 17.0. The Labute approximate surface area is 180 Å². The van der Waals surface area contributed by atoms with Crippen molar-refractivity contribution in [2.45, 2.75) is 12.8 Å². The van der Waals surface area contributed by atoms with Gasteiger partial charge in [-0.3, -0.25) is 0 Å².